The van der Waals surface area contributed by atoms with E-state index in [0.29, 0.717) is 5.76 Å². The predicted octanol–water partition coefficient (Wildman–Crippen LogP) is 0.977. The van der Waals surface area contributed by atoms with Gasteiger partial charge in [-0.25, -0.2) is 4.79 Å². The molecule has 0 aromatic carbocycles. The highest BCUT2D eigenvalue weighted by Crippen LogP contribution is 2.47. The summed E-state index contributed by atoms with van der Waals surface area (Å²) >= 11 is 0. The zero-order chi connectivity index (χ0) is 11.3. The van der Waals surface area contributed by atoms with Crippen LogP contribution in [0.5, 0.6) is 0 Å². The van der Waals surface area contributed by atoms with Crippen molar-refractivity contribution in [3.8, 4) is 0 Å². The summed E-state index contributed by atoms with van der Waals surface area (Å²) in [5.74, 6) is -0.542. The first-order valence-electron chi connectivity index (χ1n) is 4.69. The maximum absolute atomic E-state index is 11.8. The summed E-state index contributed by atoms with van der Waals surface area (Å²) in [6.45, 7) is 7.14. The smallest absolute Gasteiger partial charge is 0.359 e. The lowest BCUT2D eigenvalue weighted by Gasteiger charge is -2.31. The number of ketones is 1. The van der Waals surface area contributed by atoms with Crippen LogP contribution < -0.4 is 0 Å². The highest BCUT2D eigenvalue weighted by Gasteiger charge is 2.67. The molecule has 2 atom stereocenters. The van der Waals surface area contributed by atoms with Crippen LogP contribution in [0.2, 0.25) is 0 Å². The van der Waals surface area contributed by atoms with Gasteiger partial charge in [-0.15, -0.1) is 6.58 Å². The van der Waals surface area contributed by atoms with Crippen molar-refractivity contribution in [2.24, 2.45) is 5.41 Å². The molecule has 80 valence electrons. The van der Waals surface area contributed by atoms with Crippen molar-refractivity contribution in [1.82, 2.24) is 0 Å². The molecule has 0 N–H and O–H groups in total. The molecule has 0 radical (unpaired) electrons. The first kappa shape index (κ1) is 9.96. The Kier molecular flexibility index (Phi) is 1.80. The van der Waals surface area contributed by atoms with E-state index in [1.807, 2.05) is 0 Å². The zero-order valence-corrected chi connectivity index (χ0v) is 8.70. The number of carbonyl (C=O) groups is 2. The number of rotatable bonds is 1. The van der Waals surface area contributed by atoms with Crippen LogP contribution in [0, 0.1) is 5.41 Å². The average molecular weight is 208 g/mol. The molecule has 0 unspecified atom stereocenters. The first-order valence-corrected chi connectivity index (χ1v) is 4.69. The van der Waals surface area contributed by atoms with Crippen molar-refractivity contribution in [1.29, 1.82) is 0 Å². The van der Waals surface area contributed by atoms with Gasteiger partial charge in [0.1, 0.15) is 6.61 Å². The van der Waals surface area contributed by atoms with Gasteiger partial charge in [-0.3, -0.25) is 4.79 Å². The second-order valence-electron chi connectivity index (χ2n) is 4.10. The third kappa shape index (κ3) is 0.963. The number of esters is 1. The van der Waals surface area contributed by atoms with Crippen molar-refractivity contribution in [2.75, 3.05) is 6.61 Å². The Labute approximate surface area is 87.5 Å². The molecular weight excluding hydrogens is 196 g/mol. The molecule has 0 saturated carbocycles. The fourth-order valence-corrected chi connectivity index (χ4v) is 2.00. The molecule has 0 bridgehead atoms. The Bertz CT molecular complexity index is 395. The fourth-order valence-electron chi connectivity index (χ4n) is 2.00. The van der Waals surface area contributed by atoms with Crippen LogP contribution in [-0.4, -0.2) is 24.0 Å². The zero-order valence-electron chi connectivity index (χ0n) is 8.70. The molecule has 1 spiro atoms. The second kappa shape index (κ2) is 2.72. The second-order valence-corrected chi connectivity index (χ2v) is 4.10. The number of cyclic esters (lactones) is 1. The van der Waals surface area contributed by atoms with Gasteiger partial charge >= 0.3 is 5.97 Å². The molecule has 2 heterocycles. The highest BCUT2D eigenvalue weighted by atomic mass is 16.6. The minimum atomic E-state index is -1.53. The maximum Gasteiger partial charge on any atom is 0.359 e. The van der Waals surface area contributed by atoms with E-state index >= 15 is 0 Å². The van der Waals surface area contributed by atoms with Crippen LogP contribution in [0.3, 0.4) is 0 Å². The van der Waals surface area contributed by atoms with Gasteiger partial charge in [0.2, 0.25) is 5.78 Å². The summed E-state index contributed by atoms with van der Waals surface area (Å²) in [6, 6.07) is 0. The lowest BCUT2D eigenvalue weighted by Crippen LogP contribution is -2.52. The number of ether oxygens (including phenoxy) is 2. The highest BCUT2D eigenvalue weighted by molar-refractivity contribution is 6.16. The monoisotopic (exact) mass is 208 g/mol. The molecule has 0 aromatic heterocycles. The molecule has 0 aromatic rings. The van der Waals surface area contributed by atoms with Crippen molar-refractivity contribution >= 4 is 11.8 Å². The minimum Gasteiger partial charge on any atom is -0.471 e. The number of hydrogen-bond acceptors (Lipinski definition) is 4. The number of hydrogen-bond donors (Lipinski definition) is 0. The van der Waals surface area contributed by atoms with Gasteiger partial charge in [0.25, 0.3) is 5.60 Å². The van der Waals surface area contributed by atoms with E-state index < -0.39 is 17.0 Å². The summed E-state index contributed by atoms with van der Waals surface area (Å²) in [6.07, 6.45) is 2.87. The Morgan fingerprint density at radius 2 is 2.20 bits per heavy atom. The van der Waals surface area contributed by atoms with E-state index in [0.717, 1.165) is 0 Å². The molecule has 2 aliphatic heterocycles. The van der Waals surface area contributed by atoms with E-state index in [1.165, 1.54) is 6.08 Å². The topological polar surface area (TPSA) is 52.6 Å². The third-order valence-electron chi connectivity index (χ3n) is 3.04. The van der Waals surface area contributed by atoms with E-state index in [-0.39, 0.29) is 12.4 Å². The van der Waals surface area contributed by atoms with Crippen LogP contribution in [0.4, 0.5) is 0 Å². The molecule has 1 saturated heterocycles. The fraction of sp³-hybridized carbons (Fsp3) is 0.455. The third-order valence-corrected chi connectivity index (χ3v) is 3.04. The van der Waals surface area contributed by atoms with E-state index in [9.17, 15) is 9.59 Å². The van der Waals surface area contributed by atoms with Gasteiger partial charge in [-0.2, -0.15) is 0 Å². The molecule has 1 fully saturated rings. The van der Waals surface area contributed by atoms with Crippen LogP contribution >= 0.6 is 0 Å². The summed E-state index contributed by atoms with van der Waals surface area (Å²) in [4.78, 5) is 23.5. The molecule has 2 aliphatic rings. The maximum atomic E-state index is 11.8. The van der Waals surface area contributed by atoms with Crippen LogP contribution in [-0.2, 0) is 19.1 Å². The van der Waals surface area contributed by atoms with E-state index in [1.54, 1.807) is 19.9 Å². The summed E-state index contributed by atoms with van der Waals surface area (Å²) in [5.41, 5.74) is -2.33. The van der Waals surface area contributed by atoms with Gasteiger partial charge in [0.05, 0.1) is 11.2 Å². The molecule has 0 aliphatic carbocycles. The minimum absolute atomic E-state index is 0.127. The molecule has 2 rings (SSSR count). The summed E-state index contributed by atoms with van der Waals surface area (Å²) in [5, 5.41) is 0. The molecule has 0 amide bonds. The molecular formula is C11H12O4. The van der Waals surface area contributed by atoms with Crippen LogP contribution in [0.25, 0.3) is 0 Å². The van der Waals surface area contributed by atoms with Crippen molar-refractivity contribution < 1.29 is 19.1 Å². The Morgan fingerprint density at radius 1 is 1.53 bits per heavy atom. The van der Waals surface area contributed by atoms with Crippen LogP contribution in [0.15, 0.2) is 24.5 Å². The number of carbonyl (C=O) groups excluding carboxylic acids is 2. The Morgan fingerprint density at radius 3 is 2.67 bits per heavy atom. The van der Waals surface area contributed by atoms with Crippen LogP contribution in [0.1, 0.15) is 13.8 Å². The van der Waals surface area contributed by atoms with Gasteiger partial charge in [-0.05, 0) is 13.8 Å². The first-order chi connectivity index (χ1) is 6.96. The van der Waals surface area contributed by atoms with Crippen molar-refractivity contribution in [3.63, 3.8) is 0 Å². The molecule has 15 heavy (non-hydrogen) atoms. The van der Waals surface area contributed by atoms with Crippen molar-refractivity contribution in [2.45, 2.75) is 19.4 Å². The van der Waals surface area contributed by atoms with Gasteiger partial charge in [0, 0.05) is 6.08 Å². The Balaban J connectivity index is 2.55. The Hall–Kier alpha value is -1.58. The standard InChI is InChI=1S/C11H12O4/c1-4-10(3)6-14-9(13)11(10)8(12)5-7(2)15-11/h4-5H,1,6H2,2-3H3/t10-,11+/m0/s1. The van der Waals surface area contributed by atoms with Crippen molar-refractivity contribution in [3.05, 3.63) is 24.5 Å². The lowest BCUT2D eigenvalue weighted by atomic mass is 9.73. The summed E-state index contributed by atoms with van der Waals surface area (Å²) in [7, 11) is 0. The van der Waals surface area contributed by atoms with E-state index in [4.69, 9.17) is 9.47 Å². The molecule has 4 nitrogen and oxygen atoms in total. The number of allylic oxidation sites excluding steroid dienone is 1. The summed E-state index contributed by atoms with van der Waals surface area (Å²) < 4.78 is 10.3. The molecule has 4 heteroatoms. The van der Waals surface area contributed by atoms with Gasteiger partial charge in [0.15, 0.2) is 0 Å². The lowest BCUT2D eigenvalue weighted by molar-refractivity contribution is -0.160. The quantitative estimate of drug-likeness (QED) is 0.366. The largest absolute Gasteiger partial charge is 0.471 e. The average Bonchev–Trinajstić information content (AvgIpc) is 2.62. The normalized spacial score (nSPS) is 38.9. The van der Waals surface area contributed by atoms with Gasteiger partial charge in [-0.1, -0.05) is 6.08 Å². The SMILES string of the molecule is C=C[C@@]1(C)COC(=O)[C@@]12OC(C)=CC2=O. The van der Waals surface area contributed by atoms with Gasteiger partial charge < -0.3 is 9.47 Å². The predicted molar refractivity (Wildman–Crippen MR) is 51.8 cm³/mol. The van der Waals surface area contributed by atoms with E-state index in [2.05, 4.69) is 6.58 Å².